The first-order chi connectivity index (χ1) is 17.7. The fourth-order valence-corrected chi connectivity index (χ4v) is 4.99. The topological polar surface area (TPSA) is 77.6 Å². The minimum absolute atomic E-state index is 0.0295. The predicted octanol–water partition coefficient (Wildman–Crippen LogP) is 6.52. The van der Waals surface area contributed by atoms with E-state index < -0.39 is 0 Å². The zero-order valence-corrected chi connectivity index (χ0v) is 22.5. The number of hydrogen-bond donors (Lipinski definition) is 1. The number of rotatable bonds is 6. The van der Waals surface area contributed by atoms with Crippen LogP contribution in [0.15, 0.2) is 54.7 Å². The summed E-state index contributed by atoms with van der Waals surface area (Å²) in [6.07, 6.45) is 1.76. The molecule has 0 aliphatic rings. The van der Waals surface area contributed by atoms with Crippen molar-refractivity contribution in [1.29, 1.82) is 0 Å². The van der Waals surface area contributed by atoms with E-state index in [0.717, 1.165) is 39.2 Å². The van der Waals surface area contributed by atoms with E-state index in [1.807, 2.05) is 37.6 Å². The van der Waals surface area contributed by atoms with Gasteiger partial charge in [-0.1, -0.05) is 59.1 Å². The number of pyridine rings is 1. The highest BCUT2D eigenvalue weighted by Crippen LogP contribution is 2.30. The van der Waals surface area contributed by atoms with Crippen LogP contribution in [0.5, 0.6) is 0 Å². The Morgan fingerprint density at radius 1 is 0.919 bits per heavy atom. The third-order valence-corrected chi connectivity index (χ3v) is 7.03. The molecule has 0 radical (unpaired) electrons. The lowest BCUT2D eigenvalue weighted by atomic mass is 10.0. The second-order valence-corrected chi connectivity index (χ2v) is 10.00. The molecule has 2 aromatic carbocycles. The summed E-state index contributed by atoms with van der Waals surface area (Å²) in [6.45, 7) is 8.28. The normalized spacial score (nSPS) is 11.3. The van der Waals surface area contributed by atoms with Crippen LogP contribution in [0.2, 0.25) is 10.0 Å². The van der Waals surface area contributed by atoms with Crippen molar-refractivity contribution in [3.63, 3.8) is 0 Å². The van der Waals surface area contributed by atoms with Gasteiger partial charge in [0.1, 0.15) is 6.54 Å². The third kappa shape index (κ3) is 4.97. The maximum atomic E-state index is 13.1. The monoisotopic (exact) mass is 532 g/mol. The van der Waals surface area contributed by atoms with Gasteiger partial charge in [-0.15, -0.1) is 0 Å². The van der Waals surface area contributed by atoms with Crippen molar-refractivity contribution in [3.05, 3.63) is 93.0 Å². The van der Waals surface area contributed by atoms with Gasteiger partial charge in [-0.3, -0.25) is 9.48 Å². The van der Waals surface area contributed by atoms with Crippen molar-refractivity contribution in [3.8, 4) is 11.1 Å². The molecule has 9 heteroatoms. The van der Waals surface area contributed by atoms with Gasteiger partial charge in [0, 0.05) is 21.6 Å². The number of fused-ring (bicyclic) bond motifs is 1. The summed E-state index contributed by atoms with van der Waals surface area (Å²) in [4.78, 5) is 17.7. The zero-order chi connectivity index (χ0) is 26.3. The van der Waals surface area contributed by atoms with Crippen molar-refractivity contribution >= 4 is 45.8 Å². The maximum absolute atomic E-state index is 13.1. The summed E-state index contributed by atoms with van der Waals surface area (Å²) in [5, 5.41) is 14.4. The molecule has 0 bridgehead atoms. The second-order valence-electron chi connectivity index (χ2n) is 9.15. The number of anilines is 1. The highest BCUT2D eigenvalue weighted by atomic mass is 35.5. The fourth-order valence-electron chi connectivity index (χ4n) is 4.52. The number of hydrogen-bond acceptors (Lipinski definition) is 4. The van der Waals surface area contributed by atoms with Crippen LogP contribution in [0.1, 0.15) is 28.2 Å². The SMILES string of the molecule is Cc1ccc(-c2ccnc3c2c(C)nn3CC(=O)Nc2c(C)nn(Cc3ccc(Cl)cc3Cl)c2C)cc1. The summed E-state index contributed by atoms with van der Waals surface area (Å²) in [5.41, 5.74) is 7.95. The number of amides is 1. The molecule has 5 rings (SSSR count). The molecule has 1 N–H and O–H groups in total. The van der Waals surface area contributed by atoms with E-state index in [9.17, 15) is 4.79 Å². The molecular weight excluding hydrogens is 507 g/mol. The van der Waals surface area contributed by atoms with Crippen LogP contribution in [0.4, 0.5) is 5.69 Å². The minimum atomic E-state index is -0.206. The highest BCUT2D eigenvalue weighted by Gasteiger charge is 2.19. The number of nitrogens with one attached hydrogen (secondary N) is 1. The molecule has 5 aromatic rings. The second kappa shape index (κ2) is 10.00. The van der Waals surface area contributed by atoms with E-state index in [4.69, 9.17) is 23.2 Å². The van der Waals surface area contributed by atoms with Gasteiger partial charge in [0.05, 0.1) is 29.3 Å². The number of carbonyl (C=O) groups is 1. The lowest BCUT2D eigenvalue weighted by Crippen LogP contribution is -2.20. The summed E-state index contributed by atoms with van der Waals surface area (Å²) < 4.78 is 3.48. The Kier molecular flexibility index (Phi) is 6.75. The first kappa shape index (κ1) is 25.0. The van der Waals surface area contributed by atoms with Crippen LogP contribution in [0, 0.1) is 27.7 Å². The molecule has 0 atom stereocenters. The van der Waals surface area contributed by atoms with Gasteiger partial charge in [0.25, 0.3) is 0 Å². The van der Waals surface area contributed by atoms with Gasteiger partial charge >= 0.3 is 0 Å². The largest absolute Gasteiger partial charge is 0.321 e. The van der Waals surface area contributed by atoms with Crippen LogP contribution in [0.3, 0.4) is 0 Å². The third-order valence-electron chi connectivity index (χ3n) is 6.45. The highest BCUT2D eigenvalue weighted by molar-refractivity contribution is 6.35. The molecule has 37 heavy (non-hydrogen) atoms. The van der Waals surface area contributed by atoms with E-state index in [0.29, 0.717) is 27.9 Å². The summed E-state index contributed by atoms with van der Waals surface area (Å²) in [7, 11) is 0. The number of halogens is 2. The molecule has 7 nitrogen and oxygen atoms in total. The smallest absolute Gasteiger partial charge is 0.246 e. The van der Waals surface area contributed by atoms with Crippen LogP contribution >= 0.6 is 23.2 Å². The van der Waals surface area contributed by atoms with Crippen LogP contribution in [-0.2, 0) is 17.9 Å². The molecule has 3 aromatic heterocycles. The Balaban J connectivity index is 1.38. The molecular formula is C28H26Cl2N6O. The summed E-state index contributed by atoms with van der Waals surface area (Å²) in [6, 6.07) is 15.7. The number of aryl methyl sites for hydroxylation is 3. The van der Waals surface area contributed by atoms with Crippen LogP contribution in [0.25, 0.3) is 22.2 Å². The van der Waals surface area contributed by atoms with Gasteiger partial charge < -0.3 is 5.32 Å². The molecule has 0 saturated heterocycles. The van der Waals surface area contributed by atoms with Crippen molar-refractivity contribution in [2.75, 3.05) is 5.32 Å². The van der Waals surface area contributed by atoms with Gasteiger partial charge in [-0.2, -0.15) is 10.2 Å². The van der Waals surface area contributed by atoms with Gasteiger partial charge in [-0.25, -0.2) is 9.67 Å². The molecule has 0 unspecified atom stereocenters. The Morgan fingerprint density at radius 2 is 1.65 bits per heavy atom. The summed E-state index contributed by atoms with van der Waals surface area (Å²) in [5.74, 6) is -0.206. The summed E-state index contributed by atoms with van der Waals surface area (Å²) >= 11 is 12.4. The standard InChI is InChI=1S/C28H26Cl2N6O/c1-16-5-7-20(8-6-16)23-11-12-31-28-26(23)17(2)33-36(28)15-25(37)32-27-18(3)34-35(19(27)4)14-21-9-10-22(29)13-24(21)30/h5-13H,14-15H2,1-4H3,(H,32,37). The number of nitrogens with zero attached hydrogens (tertiary/aromatic N) is 5. The molecule has 0 spiro atoms. The van der Waals surface area contributed by atoms with Gasteiger partial charge in [-0.05, 0) is 62.6 Å². The van der Waals surface area contributed by atoms with E-state index >= 15 is 0 Å². The Bertz CT molecular complexity index is 1640. The molecule has 1 amide bonds. The van der Waals surface area contributed by atoms with E-state index in [2.05, 4.69) is 51.7 Å². The minimum Gasteiger partial charge on any atom is -0.321 e. The molecule has 0 aliphatic heterocycles. The van der Waals surface area contributed by atoms with Crippen molar-refractivity contribution < 1.29 is 4.79 Å². The molecule has 3 heterocycles. The Labute approximate surface area is 225 Å². The Morgan fingerprint density at radius 3 is 2.38 bits per heavy atom. The Hall–Kier alpha value is -3.68. The van der Waals surface area contributed by atoms with Gasteiger partial charge in [0.15, 0.2) is 5.65 Å². The van der Waals surface area contributed by atoms with Crippen molar-refractivity contribution in [1.82, 2.24) is 24.5 Å². The lowest BCUT2D eigenvalue weighted by molar-refractivity contribution is -0.116. The van der Waals surface area contributed by atoms with E-state index in [1.54, 1.807) is 23.0 Å². The van der Waals surface area contributed by atoms with Crippen molar-refractivity contribution in [2.45, 2.75) is 40.8 Å². The lowest BCUT2D eigenvalue weighted by Gasteiger charge is -2.09. The molecule has 188 valence electrons. The number of benzene rings is 2. The quantitative estimate of drug-likeness (QED) is 0.270. The van der Waals surface area contributed by atoms with Crippen LogP contribution in [-0.4, -0.2) is 30.5 Å². The molecule has 0 fully saturated rings. The predicted molar refractivity (Wildman–Crippen MR) is 148 cm³/mol. The first-order valence-corrected chi connectivity index (χ1v) is 12.6. The maximum Gasteiger partial charge on any atom is 0.246 e. The fraction of sp³-hybridized carbons (Fsp3) is 0.214. The average Bonchev–Trinajstić information content (AvgIpc) is 3.31. The number of aromatic nitrogens is 5. The first-order valence-electron chi connectivity index (χ1n) is 11.9. The zero-order valence-electron chi connectivity index (χ0n) is 21.0. The molecule has 0 saturated carbocycles. The van der Waals surface area contributed by atoms with Gasteiger partial charge in [0.2, 0.25) is 5.91 Å². The average molecular weight is 533 g/mol. The van der Waals surface area contributed by atoms with E-state index in [-0.39, 0.29) is 12.5 Å². The van der Waals surface area contributed by atoms with E-state index in [1.165, 1.54) is 5.56 Å². The number of carbonyl (C=O) groups excluding carboxylic acids is 1. The molecule has 0 aliphatic carbocycles. The van der Waals surface area contributed by atoms with Crippen molar-refractivity contribution in [2.24, 2.45) is 0 Å². The van der Waals surface area contributed by atoms with Crippen LogP contribution < -0.4 is 5.32 Å².